The molecule has 5 heteroatoms. The average molecular weight is 194 g/mol. The van der Waals surface area contributed by atoms with Crippen LogP contribution in [0.15, 0.2) is 0 Å². The van der Waals surface area contributed by atoms with Gasteiger partial charge in [0.05, 0.1) is 9.83 Å². The van der Waals surface area contributed by atoms with Crippen molar-refractivity contribution in [2.24, 2.45) is 0 Å². The number of carboxylic acid groups (broad SMARTS) is 1. The Morgan fingerprint density at radius 2 is 2.45 bits per heavy atom. The first kappa shape index (κ1) is 9.06. The van der Waals surface area contributed by atoms with Crippen molar-refractivity contribution in [3.05, 3.63) is 0 Å². The van der Waals surface area contributed by atoms with Crippen LogP contribution < -0.4 is 0 Å². The Morgan fingerprint density at radius 3 is 2.91 bits per heavy atom. The summed E-state index contributed by atoms with van der Waals surface area (Å²) in [4.78, 5) is 10.2. The van der Waals surface area contributed by atoms with Crippen LogP contribution in [0.1, 0.15) is 19.3 Å². The minimum absolute atomic E-state index is 0.121. The molecule has 0 aromatic carbocycles. The molecular formula is C6H10O3S2. The lowest BCUT2D eigenvalue weighted by molar-refractivity contribution is -0.137. The van der Waals surface area contributed by atoms with Gasteiger partial charge in [0.25, 0.3) is 0 Å². The molecule has 1 saturated heterocycles. The zero-order valence-electron chi connectivity index (χ0n) is 5.99. The molecule has 1 N–H and O–H groups in total. The first-order valence-electron chi connectivity index (χ1n) is 3.46. The standard InChI is InChI=1S/C6H10O3S2/c7-6(8)2-1-5-3-4-10-11(5)9/h5H,1-4H2,(H,7,8). The van der Waals surface area contributed by atoms with Gasteiger partial charge in [0.15, 0.2) is 0 Å². The van der Waals surface area contributed by atoms with Crippen molar-refractivity contribution in [1.82, 2.24) is 0 Å². The molecule has 1 aliphatic rings. The third kappa shape index (κ3) is 2.83. The van der Waals surface area contributed by atoms with Crippen LogP contribution in [0.25, 0.3) is 0 Å². The Hall–Kier alpha value is -0.0300. The van der Waals surface area contributed by atoms with E-state index >= 15 is 0 Å². The highest BCUT2D eigenvalue weighted by atomic mass is 33.1. The number of hydrogen-bond acceptors (Lipinski definition) is 3. The van der Waals surface area contributed by atoms with E-state index in [-0.39, 0.29) is 11.7 Å². The van der Waals surface area contributed by atoms with Crippen LogP contribution in [0, 0.1) is 0 Å². The molecule has 3 nitrogen and oxygen atoms in total. The second-order valence-electron chi connectivity index (χ2n) is 2.43. The van der Waals surface area contributed by atoms with Crippen molar-refractivity contribution in [3.8, 4) is 0 Å². The maximum atomic E-state index is 11.1. The quantitative estimate of drug-likeness (QED) is 0.681. The molecule has 1 fully saturated rings. The number of hydrogen-bond donors (Lipinski definition) is 1. The summed E-state index contributed by atoms with van der Waals surface area (Å²) < 4.78 is 11.1. The summed E-state index contributed by atoms with van der Waals surface area (Å²) in [5, 5.41) is 8.48. The highest BCUT2D eigenvalue weighted by Gasteiger charge is 2.24. The van der Waals surface area contributed by atoms with E-state index in [0.29, 0.717) is 6.42 Å². The Balaban J connectivity index is 2.26. The highest BCUT2D eigenvalue weighted by molar-refractivity contribution is 8.69. The fourth-order valence-electron chi connectivity index (χ4n) is 0.979. The highest BCUT2D eigenvalue weighted by Crippen LogP contribution is 2.28. The third-order valence-electron chi connectivity index (χ3n) is 1.59. The first-order chi connectivity index (χ1) is 5.20. The van der Waals surface area contributed by atoms with E-state index < -0.39 is 15.8 Å². The van der Waals surface area contributed by atoms with Gasteiger partial charge in [-0.25, -0.2) is 4.21 Å². The van der Waals surface area contributed by atoms with Crippen molar-refractivity contribution in [2.45, 2.75) is 24.5 Å². The zero-order valence-corrected chi connectivity index (χ0v) is 7.62. The topological polar surface area (TPSA) is 54.4 Å². The molecule has 0 bridgehead atoms. The SMILES string of the molecule is O=C(O)CCC1CCSS1=O. The van der Waals surface area contributed by atoms with Crippen LogP contribution in [0.3, 0.4) is 0 Å². The maximum absolute atomic E-state index is 11.1. The van der Waals surface area contributed by atoms with Crippen molar-refractivity contribution in [3.63, 3.8) is 0 Å². The molecule has 0 aliphatic carbocycles. The van der Waals surface area contributed by atoms with Crippen LogP contribution in [-0.4, -0.2) is 26.3 Å². The summed E-state index contributed by atoms with van der Waals surface area (Å²) in [6.07, 6.45) is 1.62. The monoisotopic (exact) mass is 194 g/mol. The lowest BCUT2D eigenvalue weighted by atomic mass is 10.2. The fraction of sp³-hybridized carbons (Fsp3) is 0.833. The molecule has 0 aromatic rings. The second kappa shape index (κ2) is 4.11. The molecule has 0 saturated carbocycles. The first-order valence-corrected chi connectivity index (χ1v) is 6.17. The predicted molar refractivity (Wildman–Crippen MR) is 45.9 cm³/mol. The molecule has 0 amide bonds. The molecule has 1 rings (SSSR count). The Morgan fingerprint density at radius 1 is 1.73 bits per heavy atom. The summed E-state index contributed by atoms with van der Waals surface area (Å²) in [5.41, 5.74) is 0. The molecule has 1 heterocycles. The van der Waals surface area contributed by atoms with E-state index in [0.717, 1.165) is 12.2 Å². The van der Waals surface area contributed by atoms with Crippen molar-refractivity contribution < 1.29 is 14.1 Å². The van der Waals surface area contributed by atoms with E-state index in [1.807, 2.05) is 0 Å². The number of rotatable bonds is 3. The number of carbonyl (C=O) groups is 1. The lowest BCUT2D eigenvalue weighted by Gasteiger charge is -2.02. The van der Waals surface area contributed by atoms with Crippen molar-refractivity contribution >= 4 is 26.6 Å². The molecule has 0 spiro atoms. The van der Waals surface area contributed by atoms with Gasteiger partial charge in [-0.05, 0) is 12.8 Å². The molecular weight excluding hydrogens is 184 g/mol. The average Bonchev–Trinajstić information content (AvgIpc) is 2.31. The van der Waals surface area contributed by atoms with Crippen molar-refractivity contribution in [2.75, 3.05) is 5.75 Å². The van der Waals surface area contributed by atoms with Gasteiger partial charge in [0, 0.05) is 17.4 Å². The normalized spacial score (nSPS) is 30.5. The molecule has 0 radical (unpaired) electrons. The van der Waals surface area contributed by atoms with Gasteiger partial charge in [-0.15, -0.1) is 0 Å². The number of aliphatic carboxylic acids is 1. The van der Waals surface area contributed by atoms with Gasteiger partial charge in [0.1, 0.15) is 0 Å². The van der Waals surface area contributed by atoms with Gasteiger partial charge in [0.2, 0.25) is 0 Å². The van der Waals surface area contributed by atoms with Crippen LogP contribution in [0.2, 0.25) is 0 Å². The molecule has 11 heavy (non-hydrogen) atoms. The van der Waals surface area contributed by atoms with Gasteiger partial charge in [-0.3, -0.25) is 4.79 Å². The van der Waals surface area contributed by atoms with Gasteiger partial charge >= 0.3 is 5.97 Å². The Bertz CT molecular complexity index is 181. The van der Waals surface area contributed by atoms with Crippen LogP contribution in [0.5, 0.6) is 0 Å². The summed E-state index contributed by atoms with van der Waals surface area (Å²) in [7, 11) is 0.613. The smallest absolute Gasteiger partial charge is 0.303 e. The molecule has 64 valence electrons. The van der Waals surface area contributed by atoms with Crippen LogP contribution in [0.4, 0.5) is 0 Å². The Labute approximate surface area is 71.4 Å². The summed E-state index contributed by atoms with van der Waals surface area (Å²) in [6, 6.07) is 0. The predicted octanol–water partition coefficient (Wildman–Crippen LogP) is 1.02. The van der Waals surface area contributed by atoms with E-state index in [4.69, 9.17) is 5.11 Å². The summed E-state index contributed by atoms with van der Waals surface area (Å²) in [5.74, 6) is 0.121. The molecule has 2 unspecified atom stereocenters. The van der Waals surface area contributed by atoms with Crippen molar-refractivity contribution in [1.29, 1.82) is 0 Å². The second-order valence-corrected chi connectivity index (χ2v) is 5.95. The molecule has 2 atom stereocenters. The number of carboxylic acids is 1. The van der Waals surface area contributed by atoms with Crippen LogP contribution >= 0.6 is 10.8 Å². The van der Waals surface area contributed by atoms with Gasteiger partial charge in [-0.2, -0.15) is 0 Å². The molecule has 0 aromatic heterocycles. The van der Waals surface area contributed by atoms with E-state index in [1.165, 1.54) is 10.8 Å². The summed E-state index contributed by atoms with van der Waals surface area (Å²) in [6.45, 7) is 0. The summed E-state index contributed by atoms with van der Waals surface area (Å²) >= 11 is 0. The van der Waals surface area contributed by atoms with E-state index in [2.05, 4.69) is 0 Å². The lowest BCUT2D eigenvalue weighted by Crippen LogP contribution is -2.09. The zero-order chi connectivity index (χ0) is 8.27. The van der Waals surface area contributed by atoms with Gasteiger partial charge < -0.3 is 5.11 Å². The minimum Gasteiger partial charge on any atom is -0.481 e. The Kier molecular flexibility index (Phi) is 3.39. The van der Waals surface area contributed by atoms with E-state index in [9.17, 15) is 9.00 Å². The fourth-order valence-corrected chi connectivity index (χ4v) is 4.42. The largest absolute Gasteiger partial charge is 0.481 e. The third-order valence-corrected chi connectivity index (χ3v) is 5.26. The van der Waals surface area contributed by atoms with Crippen LogP contribution in [-0.2, 0) is 14.6 Å². The maximum Gasteiger partial charge on any atom is 0.303 e. The van der Waals surface area contributed by atoms with Gasteiger partial charge in [-0.1, -0.05) is 10.8 Å². The minimum atomic E-state index is -0.824. The molecule has 1 aliphatic heterocycles. The van der Waals surface area contributed by atoms with E-state index in [1.54, 1.807) is 0 Å².